The fourth-order valence-corrected chi connectivity index (χ4v) is 4.30. The summed E-state index contributed by atoms with van der Waals surface area (Å²) < 4.78 is 11.2. The largest absolute Gasteiger partial charge is 0.497 e. The lowest BCUT2D eigenvalue weighted by atomic mass is 9.98. The normalized spacial score (nSPS) is 15.7. The topological polar surface area (TPSA) is 85.5 Å². The molecular weight excluding hydrogens is 414 g/mol. The molecule has 0 fully saturated rings. The quantitative estimate of drug-likeness (QED) is 0.492. The van der Waals surface area contributed by atoms with E-state index >= 15 is 0 Å². The summed E-state index contributed by atoms with van der Waals surface area (Å²) in [4.78, 5) is 28.1. The number of fused-ring (bicyclic) bond motifs is 2. The highest BCUT2D eigenvalue weighted by atomic mass is 35.5. The van der Waals surface area contributed by atoms with Crippen LogP contribution in [0.1, 0.15) is 27.7 Å². The first-order chi connectivity index (χ1) is 14.1. The van der Waals surface area contributed by atoms with E-state index in [1.165, 1.54) is 21.7 Å². The highest BCUT2D eigenvalue weighted by Crippen LogP contribution is 2.42. The maximum absolute atomic E-state index is 13.4. The predicted octanol–water partition coefficient (Wildman–Crippen LogP) is 4.06. The van der Waals surface area contributed by atoms with Gasteiger partial charge in [0.1, 0.15) is 16.8 Å². The summed E-state index contributed by atoms with van der Waals surface area (Å²) in [6, 6.07) is 11.2. The van der Waals surface area contributed by atoms with E-state index in [1.807, 2.05) is 6.07 Å². The monoisotopic (exact) mass is 425 g/mol. The van der Waals surface area contributed by atoms with Crippen LogP contribution < -0.4 is 15.1 Å². The number of rotatable bonds is 3. The van der Waals surface area contributed by atoms with Crippen molar-refractivity contribution >= 4 is 44.9 Å². The Morgan fingerprint density at radius 1 is 1.21 bits per heavy atom. The van der Waals surface area contributed by atoms with Crippen molar-refractivity contribution in [2.75, 3.05) is 12.0 Å². The summed E-state index contributed by atoms with van der Waals surface area (Å²) >= 11 is 7.28. The lowest BCUT2D eigenvalue weighted by Gasteiger charge is -2.22. The van der Waals surface area contributed by atoms with Crippen LogP contribution in [-0.4, -0.2) is 23.2 Å². The van der Waals surface area contributed by atoms with Crippen LogP contribution in [0.4, 0.5) is 5.13 Å². The van der Waals surface area contributed by atoms with Crippen LogP contribution in [-0.2, 0) is 0 Å². The van der Waals surface area contributed by atoms with Gasteiger partial charge in [-0.2, -0.15) is 0 Å². The van der Waals surface area contributed by atoms with E-state index in [2.05, 4.69) is 10.2 Å². The maximum atomic E-state index is 13.4. The Balaban J connectivity index is 1.83. The van der Waals surface area contributed by atoms with Crippen molar-refractivity contribution in [2.45, 2.75) is 6.04 Å². The number of anilines is 1. The molecule has 144 valence electrons. The van der Waals surface area contributed by atoms with Crippen LogP contribution in [0.5, 0.6) is 5.75 Å². The number of nitrogens with zero attached hydrogens (tertiary/aromatic N) is 3. The van der Waals surface area contributed by atoms with Gasteiger partial charge in [-0.25, -0.2) is 0 Å². The van der Waals surface area contributed by atoms with E-state index in [0.717, 1.165) is 0 Å². The van der Waals surface area contributed by atoms with Gasteiger partial charge in [-0.1, -0.05) is 35.1 Å². The summed E-state index contributed by atoms with van der Waals surface area (Å²) in [5, 5.41) is 8.98. The number of amides is 1. The maximum Gasteiger partial charge on any atom is 0.297 e. The zero-order valence-corrected chi connectivity index (χ0v) is 16.5. The van der Waals surface area contributed by atoms with Gasteiger partial charge in [0.25, 0.3) is 5.91 Å². The zero-order chi connectivity index (χ0) is 20.1. The Morgan fingerprint density at radius 2 is 2.07 bits per heavy atom. The Hall–Kier alpha value is -3.23. The summed E-state index contributed by atoms with van der Waals surface area (Å²) in [7, 11) is 1.55. The number of hydrogen-bond acceptors (Lipinski definition) is 7. The first-order valence-corrected chi connectivity index (χ1v) is 9.84. The summed E-state index contributed by atoms with van der Waals surface area (Å²) in [5.74, 6) is 0.153. The highest BCUT2D eigenvalue weighted by Gasteiger charge is 2.45. The lowest BCUT2D eigenvalue weighted by molar-refractivity contribution is 0.0970. The number of aromatic nitrogens is 2. The number of benzene rings is 2. The molecule has 2 aromatic carbocycles. The summed E-state index contributed by atoms with van der Waals surface area (Å²) in [6.07, 6.45) is 0. The number of carbonyl (C=O) groups is 1. The average molecular weight is 426 g/mol. The number of hydrogen-bond donors (Lipinski definition) is 0. The summed E-state index contributed by atoms with van der Waals surface area (Å²) in [6.45, 7) is 0. The number of carbonyl (C=O) groups excluding carboxylic acids is 1. The second kappa shape index (κ2) is 6.68. The van der Waals surface area contributed by atoms with Gasteiger partial charge in [0, 0.05) is 5.02 Å². The molecule has 5 rings (SSSR count). The van der Waals surface area contributed by atoms with Gasteiger partial charge in [-0.3, -0.25) is 14.5 Å². The SMILES string of the molecule is COc1cccc([C@@H]2c3c(oc4ccc(Cl)cc4c3=O)C(=O)N2c2nncs2)c1. The third kappa shape index (κ3) is 2.72. The van der Waals surface area contributed by atoms with Crippen molar-refractivity contribution in [3.8, 4) is 5.75 Å². The molecule has 7 nitrogen and oxygen atoms in total. The molecule has 0 saturated carbocycles. The molecule has 3 heterocycles. The minimum absolute atomic E-state index is 0.00663. The van der Waals surface area contributed by atoms with E-state index < -0.39 is 11.9 Å². The fraction of sp³-hybridized carbons (Fsp3) is 0.100. The van der Waals surface area contributed by atoms with Crippen molar-refractivity contribution in [1.82, 2.24) is 10.2 Å². The van der Waals surface area contributed by atoms with Crippen molar-refractivity contribution < 1.29 is 13.9 Å². The van der Waals surface area contributed by atoms with Gasteiger partial charge in [-0.05, 0) is 35.9 Å². The van der Waals surface area contributed by atoms with Crippen molar-refractivity contribution in [3.63, 3.8) is 0 Å². The first kappa shape index (κ1) is 17.8. The molecule has 0 radical (unpaired) electrons. The van der Waals surface area contributed by atoms with Gasteiger partial charge in [-0.15, -0.1) is 10.2 Å². The molecule has 4 aromatic rings. The van der Waals surface area contributed by atoms with E-state index in [0.29, 0.717) is 32.4 Å². The molecule has 0 spiro atoms. The fourth-order valence-electron chi connectivity index (χ4n) is 3.54. The molecule has 1 amide bonds. The molecule has 1 aliphatic rings. The van der Waals surface area contributed by atoms with Gasteiger partial charge >= 0.3 is 0 Å². The Bertz CT molecular complexity index is 1320. The smallest absolute Gasteiger partial charge is 0.297 e. The molecular formula is C20H12ClN3O4S. The first-order valence-electron chi connectivity index (χ1n) is 8.58. The van der Waals surface area contributed by atoms with Crippen LogP contribution >= 0.6 is 22.9 Å². The second-order valence-corrected chi connectivity index (χ2v) is 7.64. The average Bonchev–Trinajstić information content (AvgIpc) is 3.35. The molecule has 9 heteroatoms. The van der Waals surface area contributed by atoms with E-state index in [-0.39, 0.29) is 16.8 Å². The number of ether oxygens (including phenoxy) is 1. The molecule has 0 aliphatic carbocycles. The van der Waals surface area contributed by atoms with Crippen LogP contribution in [0.25, 0.3) is 11.0 Å². The summed E-state index contributed by atoms with van der Waals surface area (Å²) in [5.41, 5.74) is 2.46. The standard InChI is InChI=1S/C20H12ClN3O4S/c1-27-12-4-2-3-10(7-12)16-15-17(25)13-8-11(21)5-6-14(13)28-18(15)19(26)24(16)20-23-22-9-29-20/h2-9,16H,1H3/t16-/m1/s1. The minimum Gasteiger partial charge on any atom is -0.497 e. The van der Waals surface area contributed by atoms with Crippen molar-refractivity contribution in [2.24, 2.45) is 0 Å². The van der Waals surface area contributed by atoms with E-state index in [9.17, 15) is 9.59 Å². The molecule has 0 bridgehead atoms. The second-order valence-electron chi connectivity index (χ2n) is 6.39. The van der Waals surface area contributed by atoms with Gasteiger partial charge in [0.2, 0.25) is 10.9 Å². The van der Waals surface area contributed by atoms with Gasteiger partial charge in [0.05, 0.1) is 24.1 Å². The molecule has 0 saturated heterocycles. The molecule has 0 N–H and O–H groups in total. The van der Waals surface area contributed by atoms with Crippen LogP contribution in [0.3, 0.4) is 0 Å². The molecule has 1 aliphatic heterocycles. The van der Waals surface area contributed by atoms with Crippen LogP contribution in [0.2, 0.25) is 5.02 Å². The number of halogens is 1. The van der Waals surface area contributed by atoms with Crippen LogP contribution in [0, 0.1) is 0 Å². The van der Waals surface area contributed by atoms with E-state index in [1.54, 1.807) is 43.5 Å². The van der Waals surface area contributed by atoms with Gasteiger partial charge < -0.3 is 9.15 Å². The Labute approximate surface area is 173 Å². The highest BCUT2D eigenvalue weighted by molar-refractivity contribution is 7.13. The van der Waals surface area contributed by atoms with E-state index in [4.69, 9.17) is 20.8 Å². The molecule has 29 heavy (non-hydrogen) atoms. The Morgan fingerprint density at radius 3 is 2.83 bits per heavy atom. The minimum atomic E-state index is -0.722. The van der Waals surface area contributed by atoms with Crippen molar-refractivity contribution in [3.05, 3.63) is 80.1 Å². The molecule has 0 unspecified atom stereocenters. The number of methoxy groups -OCH3 is 1. The lowest BCUT2D eigenvalue weighted by Crippen LogP contribution is -2.29. The predicted molar refractivity (Wildman–Crippen MR) is 109 cm³/mol. The molecule has 1 atom stereocenters. The third-order valence-electron chi connectivity index (χ3n) is 4.80. The van der Waals surface area contributed by atoms with Gasteiger partial charge in [0.15, 0.2) is 5.43 Å². The molecule has 2 aromatic heterocycles. The Kier molecular flexibility index (Phi) is 4.11. The third-order valence-corrected chi connectivity index (χ3v) is 5.72. The van der Waals surface area contributed by atoms with Crippen molar-refractivity contribution in [1.29, 1.82) is 0 Å². The van der Waals surface area contributed by atoms with Crippen LogP contribution in [0.15, 0.2) is 57.2 Å². The zero-order valence-electron chi connectivity index (χ0n) is 15.0.